The van der Waals surface area contributed by atoms with Crippen LogP contribution < -0.4 is 15.0 Å². The molecular weight excluding hydrogens is 406 g/mol. The fourth-order valence-electron chi connectivity index (χ4n) is 5.27. The Balaban J connectivity index is 1.53. The molecule has 1 aromatic carbocycles. The summed E-state index contributed by atoms with van der Waals surface area (Å²) in [4.78, 5) is 34.3. The number of likely N-dealkylation sites (N-methyl/N-ethyl adjacent to an activating group) is 1. The molecule has 3 aliphatic heterocycles. The Kier molecular flexibility index (Phi) is 6.90. The lowest BCUT2D eigenvalue weighted by atomic mass is 10.0. The fraction of sp³-hybridized carbons (Fsp3) is 0.667. The topological polar surface area (TPSA) is 68.4 Å². The molecule has 4 rings (SSSR count). The van der Waals surface area contributed by atoms with Gasteiger partial charge in [0.1, 0.15) is 24.2 Å². The van der Waals surface area contributed by atoms with Gasteiger partial charge in [0, 0.05) is 32.4 Å². The fourth-order valence-corrected chi connectivity index (χ4v) is 5.27. The number of hydrogen-bond acceptors (Lipinski definition) is 6. The molecule has 0 saturated carbocycles. The zero-order valence-electron chi connectivity index (χ0n) is 19.8. The van der Waals surface area contributed by atoms with Crippen LogP contribution in [0.25, 0.3) is 0 Å². The zero-order valence-corrected chi connectivity index (χ0v) is 19.8. The first-order valence-corrected chi connectivity index (χ1v) is 12.0. The molecule has 4 atom stereocenters. The van der Waals surface area contributed by atoms with E-state index in [1.54, 1.807) is 12.0 Å². The Morgan fingerprint density at radius 1 is 1.06 bits per heavy atom. The van der Waals surface area contributed by atoms with Gasteiger partial charge in [0.2, 0.25) is 0 Å². The van der Waals surface area contributed by atoms with Crippen molar-refractivity contribution in [1.29, 1.82) is 0 Å². The number of carbonyl (C=O) groups is 2. The van der Waals surface area contributed by atoms with Gasteiger partial charge in [-0.05, 0) is 36.6 Å². The van der Waals surface area contributed by atoms with Gasteiger partial charge in [-0.15, -0.1) is 0 Å². The van der Waals surface area contributed by atoms with E-state index in [1.807, 2.05) is 19.2 Å². The van der Waals surface area contributed by atoms with Crippen LogP contribution in [0, 0.1) is 5.92 Å². The number of hydrogen-bond donors (Lipinski definition) is 1. The Labute approximate surface area is 191 Å². The summed E-state index contributed by atoms with van der Waals surface area (Å²) in [6.07, 6.45) is 5.01. The first kappa shape index (κ1) is 22.9. The van der Waals surface area contributed by atoms with Crippen molar-refractivity contribution in [1.82, 2.24) is 20.0 Å². The molecule has 8 heteroatoms. The van der Waals surface area contributed by atoms with Crippen LogP contribution in [0.4, 0.5) is 10.5 Å². The number of benzene rings is 1. The summed E-state index contributed by atoms with van der Waals surface area (Å²) in [5, 5.41) is 3.59. The number of rotatable bonds is 8. The summed E-state index contributed by atoms with van der Waals surface area (Å²) in [5.41, 5.74) is 1.08. The maximum Gasteiger partial charge on any atom is 0.327 e. The van der Waals surface area contributed by atoms with Gasteiger partial charge in [0.25, 0.3) is 5.91 Å². The first-order chi connectivity index (χ1) is 15.5. The Morgan fingerprint density at radius 2 is 1.78 bits per heavy atom. The smallest absolute Gasteiger partial charge is 0.327 e. The van der Waals surface area contributed by atoms with Gasteiger partial charge in [-0.1, -0.05) is 39.5 Å². The molecule has 3 heterocycles. The van der Waals surface area contributed by atoms with Crippen LogP contribution >= 0.6 is 0 Å². The Morgan fingerprint density at radius 3 is 2.47 bits per heavy atom. The minimum absolute atomic E-state index is 0.0626. The molecule has 0 spiro atoms. The van der Waals surface area contributed by atoms with Crippen molar-refractivity contribution in [3.05, 3.63) is 24.3 Å². The summed E-state index contributed by atoms with van der Waals surface area (Å²) in [6, 6.07) is 7.48. The number of ether oxygens (including phenoxy) is 1. The molecule has 1 N–H and O–H groups in total. The molecule has 176 valence electrons. The largest absolute Gasteiger partial charge is 0.497 e. The molecule has 0 aliphatic carbocycles. The van der Waals surface area contributed by atoms with E-state index < -0.39 is 0 Å². The van der Waals surface area contributed by atoms with Crippen molar-refractivity contribution < 1.29 is 14.3 Å². The lowest BCUT2D eigenvalue weighted by Gasteiger charge is -2.46. The highest BCUT2D eigenvalue weighted by Gasteiger charge is 2.56. The van der Waals surface area contributed by atoms with Crippen molar-refractivity contribution in [2.75, 3.05) is 38.7 Å². The third-order valence-electron chi connectivity index (χ3n) is 6.97. The number of methoxy groups -OCH3 is 1. The molecule has 3 aliphatic rings. The van der Waals surface area contributed by atoms with E-state index in [1.165, 1.54) is 17.7 Å². The maximum absolute atomic E-state index is 13.5. The molecule has 0 bridgehead atoms. The first-order valence-electron chi connectivity index (χ1n) is 12.0. The van der Waals surface area contributed by atoms with E-state index in [2.05, 4.69) is 41.1 Å². The number of nitrogens with one attached hydrogen (secondary N) is 1. The Bertz CT molecular complexity index is 816. The van der Waals surface area contributed by atoms with Crippen LogP contribution in [0.5, 0.6) is 5.75 Å². The van der Waals surface area contributed by atoms with Crippen LogP contribution in [0.2, 0.25) is 0 Å². The van der Waals surface area contributed by atoms with Crippen molar-refractivity contribution in [2.24, 2.45) is 5.92 Å². The normalized spacial score (nSPS) is 28.2. The van der Waals surface area contributed by atoms with Crippen molar-refractivity contribution in [3.8, 4) is 5.75 Å². The minimum atomic E-state index is -0.359. The van der Waals surface area contributed by atoms with Crippen LogP contribution in [-0.4, -0.2) is 78.9 Å². The molecule has 3 saturated heterocycles. The molecular formula is C24H37N5O3. The summed E-state index contributed by atoms with van der Waals surface area (Å²) >= 11 is 0. The maximum atomic E-state index is 13.5. The predicted molar refractivity (Wildman–Crippen MR) is 124 cm³/mol. The standard InChI is InChI=1S/C24H37N5O3/c1-5-6-7-8-9-14-27-22(30)20-21(26(3)24(27)31)25-23-28(15-17(2)16-29(20)23)18-10-12-19(32-4)13-11-18/h10-13,17,20-21,23,25H,5-9,14-16H2,1-4H3. The van der Waals surface area contributed by atoms with E-state index in [0.29, 0.717) is 12.5 Å². The summed E-state index contributed by atoms with van der Waals surface area (Å²) in [7, 11) is 3.47. The van der Waals surface area contributed by atoms with Crippen molar-refractivity contribution >= 4 is 17.6 Å². The monoisotopic (exact) mass is 443 g/mol. The Hall–Kier alpha value is -2.32. The average molecular weight is 444 g/mol. The van der Waals surface area contributed by atoms with Gasteiger partial charge in [0.05, 0.1) is 7.11 Å². The molecule has 8 nitrogen and oxygen atoms in total. The van der Waals surface area contributed by atoms with Gasteiger partial charge in [-0.2, -0.15) is 0 Å². The van der Waals surface area contributed by atoms with Gasteiger partial charge in [0.15, 0.2) is 0 Å². The summed E-state index contributed by atoms with van der Waals surface area (Å²) in [6.45, 7) is 6.61. The van der Waals surface area contributed by atoms with Crippen LogP contribution in [0.1, 0.15) is 46.0 Å². The lowest BCUT2D eigenvalue weighted by Crippen LogP contribution is -2.66. The predicted octanol–water partition coefficient (Wildman–Crippen LogP) is 2.90. The number of imide groups is 1. The van der Waals surface area contributed by atoms with Crippen molar-refractivity contribution in [2.45, 2.75) is 64.4 Å². The summed E-state index contributed by atoms with van der Waals surface area (Å²) in [5.74, 6) is 1.15. The number of carbonyl (C=O) groups excluding carboxylic acids is 2. The number of unbranched alkanes of at least 4 members (excludes halogenated alkanes) is 4. The van der Waals surface area contributed by atoms with E-state index in [0.717, 1.165) is 43.8 Å². The second kappa shape index (κ2) is 9.67. The highest BCUT2D eigenvalue weighted by atomic mass is 16.5. The lowest BCUT2D eigenvalue weighted by molar-refractivity contribution is -0.138. The van der Waals surface area contributed by atoms with Crippen molar-refractivity contribution in [3.63, 3.8) is 0 Å². The zero-order chi connectivity index (χ0) is 22.8. The van der Waals surface area contributed by atoms with E-state index in [4.69, 9.17) is 4.74 Å². The van der Waals surface area contributed by atoms with Gasteiger partial charge in [-0.25, -0.2) is 4.79 Å². The molecule has 32 heavy (non-hydrogen) atoms. The van der Waals surface area contributed by atoms with Gasteiger partial charge in [-0.3, -0.25) is 19.9 Å². The second-order valence-electron chi connectivity index (χ2n) is 9.38. The molecule has 3 amide bonds. The number of nitrogens with zero attached hydrogens (tertiary/aromatic N) is 4. The SMILES string of the molecule is CCCCCCCN1C(=O)C2C(NC3N(c4ccc(OC)cc4)CC(C)CN23)N(C)C1=O. The number of amides is 3. The van der Waals surface area contributed by atoms with Crippen LogP contribution in [-0.2, 0) is 4.79 Å². The number of urea groups is 1. The molecule has 3 fully saturated rings. The molecule has 1 aromatic rings. The highest BCUT2D eigenvalue weighted by molar-refractivity contribution is 6.00. The van der Waals surface area contributed by atoms with Crippen LogP contribution in [0.3, 0.4) is 0 Å². The number of anilines is 1. The second-order valence-corrected chi connectivity index (χ2v) is 9.38. The quantitative estimate of drug-likeness (QED) is 0.623. The molecule has 0 aromatic heterocycles. The summed E-state index contributed by atoms with van der Waals surface area (Å²) < 4.78 is 5.31. The highest BCUT2D eigenvalue weighted by Crippen LogP contribution is 2.35. The van der Waals surface area contributed by atoms with Gasteiger partial charge < -0.3 is 14.5 Å². The van der Waals surface area contributed by atoms with E-state index >= 15 is 0 Å². The molecule has 4 unspecified atom stereocenters. The average Bonchev–Trinajstić information content (AvgIpc) is 3.18. The van der Waals surface area contributed by atoms with Crippen LogP contribution in [0.15, 0.2) is 24.3 Å². The number of fused-ring (bicyclic) bond motifs is 3. The van der Waals surface area contributed by atoms with E-state index in [9.17, 15) is 9.59 Å². The molecule has 0 radical (unpaired) electrons. The third kappa shape index (κ3) is 4.18. The third-order valence-corrected chi connectivity index (χ3v) is 6.97. The minimum Gasteiger partial charge on any atom is -0.497 e. The van der Waals surface area contributed by atoms with E-state index in [-0.39, 0.29) is 30.4 Å². The van der Waals surface area contributed by atoms with Gasteiger partial charge >= 0.3 is 6.03 Å².